The Balaban J connectivity index is 1.41. The first-order chi connectivity index (χ1) is 13.1. The van der Waals surface area contributed by atoms with E-state index in [1.807, 2.05) is 24.3 Å². The van der Waals surface area contributed by atoms with E-state index in [1.165, 1.54) is 17.5 Å². The fraction of sp³-hybridized carbons (Fsp3) is 0.435. The Morgan fingerprint density at radius 1 is 0.963 bits per heavy atom. The molecule has 0 spiro atoms. The molecule has 2 aliphatic rings. The summed E-state index contributed by atoms with van der Waals surface area (Å²) in [5, 5.41) is 14.8. The molecular formula is C23H28N2O2. The molecule has 1 saturated heterocycles. The monoisotopic (exact) mass is 364 g/mol. The predicted octanol–water partition coefficient (Wildman–Crippen LogP) is 3.77. The molecule has 1 aliphatic carbocycles. The fourth-order valence-corrected chi connectivity index (χ4v) is 4.57. The third-order valence-corrected chi connectivity index (χ3v) is 5.49. The van der Waals surface area contributed by atoms with Gasteiger partial charge in [-0.15, -0.1) is 0 Å². The number of β-amino-alcohol motifs (C(OH)–C–C–N with tert-alkyl or cyclic N) is 1. The second kappa shape index (κ2) is 7.83. The molecule has 4 rings (SSSR count). The quantitative estimate of drug-likeness (QED) is 0.701. The molecule has 1 N–H and O–H groups in total. The van der Waals surface area contributed by atoms with Crippen molar-refractivity contribution in [2.24, 2.45) is 17.0 Å². The Morgan fingerprint density at radius 2 is 1.48 bits per heavy atom. The van der Waals surface area contributed by atoms with Crippen molar-refractivity contribution in [1.29, 1.82) is 0 Å². The van der Waals surface area contributed by atoms with Crippen molar-refractivity contribution >= 4 is 5.71 Å². The van der Waals surface area contributed by atoms with Crippen molar-refractivity contribution in [2.45, 2.75) is 26.4 Å². The number of aliphatic hydroxyl groups is 1. The molecule has 2 aromatic rings. The van der Waals surface area contributed by atoms with Crippen LogP contribution in [-0.2, 0) is 4.84 Å². The second-order valence-corrected chi connectivity index (χ2v) is 8.15. The number of hydrogen-bond donors (Lipinski definition) is 1. The van der Waals surface area contributed by atoms with Crippen molar-refractivity contribution in [3.05, 3.63) is 59.7 Å². The van der Waals surface area contributed by atoms with E-state index >= 15 is 0 Å². The minimum absolute atomic E-state index is 0.215. The zero-order valence-corrected chi connectivity index (χ0v) is 16.1. The highest BCUT2D eigenvalue weighted by Crippen LogP contribution is 2.36. The zero-order valence-electron chi connectivity index (χ0n) is 16.1. The van der Waals surface area contributed by atoms with Gasteiger partial charge in [0.15, 0.2) is 0 Å². The highest BCUT2D eigenvalue weighted by molar-refractivity contribution is 6.24. The Hall–Kier alpha value is -2.17. The van der Waals surface area contributed by atoms with Crippen molar-refractivity contribution in [1.82, 2.24) is 4.90 Å². The lowest BCUT2D eigenvalue weighted by Gasteiger charge is -2.35. The Labute approximate surface area is 161 Å². The van der Waals surface area contributed by atoms with Crippen molar-refractivity contribution in [3.63, 3.8) is 0 Å². The van der Waals surface area contributed by atoms with Crippen LogP contribution in [0.25, 0.3) is 11.1 Å². The van der Waals surface area contributed by atoms with Crippen LogP contribution in [-0.4, -0.2) is 48.1 Å². The molecule has 4 nitrogen and oxygen atoms in total. The summed E-state index contributed by atoms with van der Waals surface area (Å²) in [6.45, 7) is 7.53. The molecule has 142 valence electrons. The number of hydrogen-bond acceptors (Lipinski definition) is 4. The van der Waals surface area contributed by atoms with Crippen LogP contribution in [0.3, 0.4) is 0 Å². The maximum atomic E-state index is 10.4. The summed E-state index contributed by atoms with van der Waals surface area (Å²) >= 11 is 0. The fourth-order valence-electron chi connectivity index (χ4n) is 4.57. The van der Waals surface area contributed by atoms with Gasteiger partial charge in [0, 0.05) is 30.8 Å². The molecule has 2 aromatic carbocycles. The van der Waals surface area contributed by atoms with Gasteiger partial charge in [-0.3, -0.25) is 0 Å². The van der Waals surface area contributed by atoms with Crippen molar-refractivity contribution in [2.75, 3.05) is 26.2 Å². The van der Waals surface area contributed by atoms with E-state index < -0.39 is 6.10 Å². The predicted molar refractivity (Wildman–Crippen MR) is 109 cm³/mol. The standard InChI is InChI=1S/C23H28N2O2/c1-16-11-17(2)13-25(12-16)14-18(26)15-27-24-23-21-9-5-3-7-19(21)20-8-4-6-10-22(20)23/h3-10,16-18,26H,11-15H2,1-2H3/t16-,17-,18-/m1/s1. The molecule has 0 bridgehead atoms. The van der Waals surface area contributed by atoms with E-state index in [4.69, 9.17) is 4.84 Å². The molecular weight excluding hydrogens is 336 g/mol. The van der Waals surface area contributed by atoms with Crippen molar-refractivity contribution < 1.29 is 9.94 Å². The molecule has 1 heterocycles. The van der Waals surface area contributed by atoms with Gasteiger partial charge in [0.25, 0.3) is 0 Å². The van der Waals surface area contributed by atoms with Crippen LogP contribution in [0.1, 0.15) is 31.4 Å². The van der Waals surface area contributed by atoms with Crippen LogP contribution < -0.4 is 0 Å². The zero-order chi connectivity index (χ0) is 18.8. The van der Waals surface area contributed by atoms with Crippen LogP contribution >= 0.6 is 0 Å². The van der Waals surface area contributed by atoms with Gasteiger partial charge in [0.2, 0.25) is 0 Å². The summed E-state index contributed by atoms with van der Waals surface area (Å²) in [6, 6.07) is 16.5. The van der Waals surface area contributed by atoms with Crippen molar-refractivity contribution in [3.8, 4) is 11.1 Å². The molecule has 0 aromatic heterocycles. The number of oxime groups is 1. The maximum absolute atomic E-state index is 10.4. The third kappa shape index (κ3) is 3.92. The van der Waals surface area contributed by atoms with Crippen LogP contribution in [0.2, 0.25) is 0 Å². The first kappa shape index (κ1) is 18.2. The van der Waals surface area contributed by atoms with Gasteiger partial charge in [-0.2, -0.15) is 0 Å². The van der Waals surface area contributed by atoms with Gasteiger partial charge < -0.3 is 14.8 Å². The van der Waals surface area contributed by atoms with Crippen LogP contribution in [0.15, 0.2) is 53.7 Å². The van der Waals surface area contributed by atoms with Crippen LogP contribution in [0, 0.1) is 11.8 Å². The Morgan fingerprint density at radius 3 is 2.04 bits per heavy atom. The number of rotatable bonds is 5. The summed E-state index contributed by atoms with van der Waals surface area (Å²) in [4.78, 5) is 7.95. The Kier molecular flexibility index (Phi) is 5.28. The van der Waals surface area contributed by atoms with E-state index in [2.05, 4.69) is 48.2 Å². The topological polar surface area (TPSA) is 45.1 Å². The molecule has 4 heteroatoms. The molecule has 0 unspecified atom stereocenters. The first-order valence-electron chi connectivity index (χ1n) is 9.91. The summed E-state index contributed by atoms with van der Waals surface area (Å²) in [5.74, 6) is 1.38. The summed E-state index contributed by atoms with van der Waals surface area (Å²) in [7, 11) is 0. The van der Waals surface area contributed by atoms with Crippen LogP contribution in [0.4, 0.5) is 0 Å². The van der Waals surface area contributed by atoms with Gasteiger partial charge in [0.05, 0.1) is 0 Å². The molecule has 0 saturated carbocycles. The number of fused-ring (bicyclic) bond motifs is 3. The highest BCUT2D eigenvalue weighted by atomic mass is 16.6. The average molecular weight is 364 g/mol. The van der Waals surface area contributed by atoms with Crippen LogP contribution in [0.5, 0.6) is 0 Å². The number of benzene rings is 2. The summed E-state index contributed by atoms with van der Waals surface area (Å²) in [5.41, 5.74) is 5.41. The van der Waals surface area contributed by atoms with E-state index in [0.717, 1.165) is 29.9 Å². The van der Waals surface area contributed by atoms with E-state index in [1.54, 1.807) is 0 Å². The normalized spacial score (nSPS) is 22.9. The van der Waals surface area contributed by atoms with Gasteiger partial charge in [-0.1, -0.05) is 67.5 Å². The molecule has 1 fully saturated rings. The molecule has 3 atom stereocenters. The van der Waals surface area contributed by atoms with Gasteiger partial charge in [-0.05, 0) is 29.4 Å². The largest absolute Gasteiger partial charge is 0.392 e. The average Bonchev–Trinajstić information content (AvgIpc) is 2.95. The molecule has 1 aliphatic heterocycles. The number of piperidine rings is 1. The second-order valence-electron chi connectivity index (χ2n) is 8.15. The lowest BCUT2D eigenvalue weighted by molar-refractivity contribution is 0.00660. The van der Waals surface area contributed by atoms with E-state index in [-0.39, 0.29) is 6.61 Å². The van der Waals surface area contributed by atoms with E-state index in [0.29, 0.717) is 18.4 Å². The number of nitrogens with zero attached hydrogens (tertiary/aromatic N) is 2. The lowest BCUT2D eigenvalue weighted by atomic mass is 9.92. The number of likely N-dealkylation sites (tertiary alicyclic amines) is 1. The minimum Gasteiger partial charge on any atom is -0.392 e. The third-order valence-electron chi connectivity index (χ3n) is 5.49. The molecule has 27 heavy (non-hydrogen) atoms. The molecule has 0 amide bonds. The minimum atomic E-state index is -0.529. The molecule has 0 radical (unpaired) electrons. The highest BCUT2D eigenvalue weighted by Gasteiger charge is 2.25. The smallest absolute Gasteiger partial charge is 0.144 e. The Bertz CT molecular complexity index is 775. The van der Waals surface area contributed by atoms with E-state index in [9.17, 15) is 5.11 Å². The first-order valence-corrected chi connectivity index (χ1v) is 9.91. The lowest BCUT2D eigenvalue weighted by Crippen LogP contribution is -2.43. The van der Waals surface area contributed by atoms with Gasteiger partial charge in [-0.25, -0.2) is 0 Å². The maximum Gasteiger partial charge on any atom is 0.144 e. The SMILES string of the molecule is C[C@@H]1C[C@@H](C)CN(C[C@@H](O)CON=C2c3ccccc3-c3ccccc32)C1. The summed E-state index contributed by atoms with van der Waals surface area (Å²) < 4.78 is 0. The summed E-state index contributed by atoms with van der Waals surface area (Å²) in [6.07, 6.45) is 0.744. The number of aliphatic hydroxyl groups excluding tert-OH is 1. The van der Waals surface area contributed by atoms with Gasteiger partial charge >= 0.3 is 0 Å². The van der Waals surface area contributed by atoms with Gasteiger partial charge in [0.1, 0.15) is 18.4 Å².